The Morgan fingerprint density at radius 1 is 1.41 bits per heavy atom. The van der Waals surface area contributed by atoms with Gasteiger partial charge in [0.1, 0.15) is 0 Å². The number of nitrogens with zero attached hydrogens (tertiary/aromatic N) is 1. The second-order valence-electron chi connectivity index (χ2n) is 4.72. The minimum Gasteiger partial charge on any atom is -0.373 e. The Kier molecular flexibility index (Phi) is 5.79. The van der Waals surface area contributed by atoms with Gasteiger partial charge in [-0.3, -0.25) is 0 Å². The number of hydrogen-bond donors (Lipinski definition) is 1. The standard InChI is InChI=1S/C14H23ClN2/c1-4-11(2)10-17(3)14-6-5-12(7-8-16)9-13(14)15/h5-6,9,11H,4,7-8,10,16H2,1-3H3. The smallest absolute Gasteiger partial charge is 0.0642 e. The van der Waals surface area contributed by atoms with Crippen LogP contribution in [0.4, 0.5) is 5.69 Å². The summed E-state index contributed by atoms with van der Waals surface area (Å²) < 4.78 is 0. The molecule has 2 nitrogen and oxygen atoms in total. The first-order valence-corrected chi connectivity index (χ1v) is 6.65. The highest BCUT2D eigenvalue weighted by Gasteiger charge is 2.09. The van der Waals surface area contributed by atoms with Crippen LogP contribution in [0.25, 0.3) is 0 Å². The van der Waals surface area contributed by atoms with Crippen LogP contribution in [0.15, 0.2) is 18.2 Å². The van der Waals surface area contributed by atoms with Gasteiger partial charge in [0.15, 0.2) is 0 Å². The van der Waals surface area contributed by atoms with Crippen molar-refractivity contribution in [3.63, 3.8) is 0 Å². The fraction of sp³-hybridized carbons (Fsp3) is 0.571. The maximum Gasteiger partial charge on any atom is 0.0642 e. The Morgan fingerprint density at radius 2 is 2.12 bits per heavy atom. The third-order valence-corrected chi connectivity index (χ3v) is 3.44. The normalized spacial score (nSPS) is 12.5. The molecule has 0 fully saturated rings. The molecule has 17 heavy (non-hydrogen) atoms. The Morgan fingerprint density at radius 3 is 2.65 bits per heavy atom. The van der Waals surface area contributed by atoms with E-state index in [-0.39, 0.29) is 0 Å². The third kappa shape index (κ3) is 4.21. The lowest BCUT2D eigenvalue weighted by atomic mass is 10.1. The van der Waals surface area contributed by atoms with E-state index in [1.807, 2.05) is 6.07 Å². The lowest BCUT2D eigenvalue weighted by molar-refractivity contribution is 0.560. The molecule has 96 valence electrons. The number of benzene rings is 1. The molecule has 3 heteroatoms. The molecule has 0 heterocycles. The highest BCUT2D eigenvalue weighted by molar-refractivity contribution is 6.33. The number of anilines is 1. The summed E-state index contributed by atoms with van der Waals surface area (Å²) in [5, 5.41) is 0.821. The highest BCUT2D eigenvalue weighted by atomic mass is 35.5. The van der Waals surface area contributed by atoms with Crippen LogP contribution in [0.1, 0.15) is 25.8 Å². The van der Waals surface area contributed by atoms with Gasteiger partial charge >= 0.3 is 0 Å². The fourth-order valence-corrected chi connectivity index (χ4v) is 2.22. The van der Waals surface area contributed by atoms with E-state index in [9.17, 15) is 0 Å². The van der Waals surface area contributed by atoms with Gasteiger partial charge in [-0.2, -0.15) is 0 Å². The molecular weight excluding hydrogens is 232 g/mol. The molecule has 0 bridgehead atoms. The minimum atomic E-state index is 0.665. The van der Waals surface area contributed by atoms with Gasteiger partial charge in [0.05, 0.1) is 10.7 Å². The molecule has 0 aliphatic carbocycles. The molecule has 0 aliphatic heterocycles. The van der Waals surface area contributed by atoms with Gasteiger partial charge in [-0.05, 0) is 36.6 Å². The van der Waals surface area contributed by atoms with Crippen molar-refractivity contribution in [2.45, 2.75) is 26.7 Å². The van der Waals surface area contributed by atoms with E-state index in [2.05, 4.69) is 37.9 Å². The number of rotatable bonds is 6. The molecule has 0 aliphatic rings. The van der Waals surface area contributed by atoms with Crippen molar-refractivity contribution in [2.24, 2.45) is 11.7 Å². The van der Waals surface area contributed by atoms with E-state index in [4.69, 9.17) is 17.3 Å². The molecule has 1 rings (SSSR count). The zero-order chi connectivity index (χ0) is 12.8. The van der Waals surface area contributed by atoms with E-state index < -0.39 is 0 Å². The minimum absolute atomic E-state index is 0.665. The van der Waals surface area contributed by atoms with Crippen LogP contribution >= 0.6 is 11.6 Å². The molecule has 0 spiro atoms. The van der Waals surface area contributed by atoms with Crippen LogP contribution < -0.4 is 10.6 Å². The quantitative estimate of drug-likeness (QED) is 0.844. The molecule has 0 radical (unpaired) electrons. The third-order valence-electron chi connectivity index (χ3n) is 3.14. The highest BCUT2D eigenvalue weighted by Crippen LogP contribution is 2.27. The van der Waals surface area contributed by atoms with Crippen molar-refractivity contribution in [3.8, 4) is 0 Å². The zero-order valence-electron chi connectivity index (χ0n) is 11.0. The molecular formula is C14H23ClN2. The van der Waals surface area contributed by atoms with Crippen LogP contribution in [-0.2, 0) is 6.42 Å². The fourth-order valence-electron chi connectivity index (χ4n) is 1.88. The van der Waals surface area contributed by atoms with Gasteiger partial charge in [-0.15, -0.1) is 0 Å². The predicted molar refractivity (Wildman–Crippen MR) is 76.9 cm³/mol. The van der Waals surface area contributed by atoms with Crippen molar-refractivity contribution in [1.29, 1.82) is 0 Å². The maximum atomic E-state index is 6.30. The molecule has 0 saturated heterocycles. The Labute approximate surface area is 110 Å². The summed E-state index contributed by atoms with van der Waals surface area (Å²) in [6, 6.07) is 6.23. The van der Waals surface area contributed by atoms with Crippen LogP contribution in [-0.4, -0.2) is 20.1 Å². The molecule has 1 aromatic carbocycles. The van der Waals surface area contributed by atoms with E-state index in [1.54, 1.807) is 0 Å². The molecule has 1 atom stereocenters. The van der Waals surface area contributed by atoms with Gasteiger partial charge in [0.25, 0.3) is 0 Å². The Hall–Kier alpha value is -0.730. The lowest BCUT2D eigenvalue weighted by Gasteiger charge is -2.24. The van der Waals surface area contributed by atoms with Crippen LogP contribution in [0.3, 0.4) is 0 Å². The van der Waals surface area contributed by atoms with Crippen molar-refractivity contribution in [1.82, 2.24) is 0 Å². The van der Waals surface area contributed by atoms with Gasteiger partial charge < -0.3 is 10.6 Å². The topological polar surface area (TPSA) is 29.3 Å². The average molecular weight is 255 g/mol. The van der Waals surface area contributed by atoms with E-state index in [1.165, 1.54) is 12.0 Å². The average Bonchev–Trinajstić information content (AvgIpc) is 2.29. The largest absolute Gasteiger partial charge is 0.373 e. The number of nitrogens with two attached hydrogens (primary N) is 1. The summed E-state index contributed by atoms with van der Waals surface area (Å²) in [6.45, 7) is 6.17. The summed E-state index contributed by atoms with van der Waals surface area (Å²) in [7, 11) is 2.09. The summed E-state index contributed by atoms with van der Waals surface area (Å²) in [5.41, 5.74) is 7.85. The maximum absolute atomic E-state index is 6.30. The van der Waals surface area contributed by atoms with E-state index >= 15 is 0 Å². The van der Waals surface area contributed by atoms with Crippen LogP contribution in [0, 0.1) is 5.92 Å². The second-order valence-corrected chi connectivity index (χ2v) is 5.13. The predicted octanol–water partition coefficient (Wildman–Crippen LogP) is 3.32. The Balaban J connectivity index is 2.77. The lowest BCUT2D eigenvalue weighted by Crippen LogP contribution is -2.23. The molecule has 1 unspecified atom stereocenters. The first-order valence-electron chi connectivity index (χ1n) is 6.28. The summed E-state index contributed by atoms with van der Waals surface area (Å²) in [4.78, 5) is 2.22. The number of halogens is 1. The van der Waals surface area contributed by atoms with Crippen molar-refractivity contribution in [3.05, 3.63) is 28.8 Å². The molecule has 0 aromatic heterocycles. The zero-order valence-corrected chi connectivity index (χ0v) is 11.8. The van der Waals surface area contributed by atoms with Crippen molar-refractivity contribution in [2.75, 3.05) is 25.0 Å². The van der Waals surface area contributed by atoms with E-state index in [0.717, 1.165) is 23.7 Å². The van der Waals surface area contributed by atoms with Crippen LogP contribution in [0.5, 0.6) is 0 Å². The van der Waals surface area contributed by atoms with Crippen molar-refractivity contribution < 1.29 is 0 Å². The van der Waals surface area contributed by atoms with Gasteiger partial charge in [0, 0.05) is 13.6 Å². The SMILES string of the molecule is CCC(C)CN(C)c1ccc(CCN)cc1Cl. The molecule has 2 N–H and O–H groups in total. The molecule has 1 aromatic rings. The first kappa shape index (κ1) is 14.3. The number of hydrogen-bond acceptors (Lipinski definition) is 2. The second kappa shape index (κ2) is 6.87. The van der Waals surface area contributed by atoms with Gasteiger partial charge in [-0.25, -0.2) is 0 Å². The monoisotopic (exact) mass is 254 g/mol. The van der Waals surface area contributed by atoms with Crippen LogP contribution in [0.2, 0.25) is 5.02 Å². The van der Waals surface area contributed by atoms with Gasteiger partial charge in [0.2, 0.25) is 0 Å². The summed E-state index contributed by atoms with van der Waals surface area (Å²) in [6.07, 6.45) is 2.07. The Bertz CT molecular complexity index is 352. The first-order chi connectivity index (χ1) is 8.08. The van der Waals surface area contributed by atoms with Gasteiger partial charge in [-0.1, -0.05) is 37.9 Å². The molecule has 0 saturated carbocycles. The van der Waals surface area contributed by atoms with E-state index in [0.29, 0.717) is 12.5 Å². The summed E-state index contributed by atoms with van der Waals surface area (Å²) >= 11 is 6.30. The summed E-state index contributed by atoms with van der Waals surface area (Å²) in [5.74, 6) is 0.680. The van der Waals surface area contributed by atoms with Crippen molar-refractivity contribution >= 4 is 17.3 Å². The molecule has 0 amide bonds.